The maximum Gasteiger partial charge on any atom is 0.348 e. The summed E-state index contributed by atoms with van der Waals surface area (Å²) in [4.78, 5) is 11.4. The number of methoxy groups -OCH3 is 1. The molecule has 2 heterocycles. The number of aromatic amines is 1. The number of nitrogens with one attached hydrogen (secondary N) is 1. The number of hydrogen-bond acceptors (Lipinski definition) is 4. The Morgan fingerprint density at radius 1 is 1.25 bits per heavy atom. The molecule has 0 aliphatic rings. The summed E-state index contributed by atoms with van der Waals surface area (Å²) in [5.74, 6) is 1.36. The molecule has 1 aromatic carbocycles. The molecule has 7 heteroatoms. The third-order valence-corrected chi connectivity index (χ3v) is 2.93. The summed E-state index contributed by atoms with van der Waals surface area (Å²) >= 11 is 0. The maximum atomic E-state index is 11.4. The van der Waals surface area contributed by atoms with Crippen LogP contribution in [0.25, 0.3) is 5.82 Å². The van der Waals surface area contributed by atoms with Gasteiger partial charge in [0.05, 0.1) is 13.7 Å². The van der Waals surface area contributed by atoms with E-state index in [1.54, 1.807) is 17.9 Å². The van der Waals surface area contributed by atoms with Crippen molar-refractivity contribution in [1.82, 2.24) is 24.5 Å². The zero-order valence-electron chi connectivity index (χ0n) is 10.9. The lowest BCUT2D eigenvalue weighted by Gasteiger charge is -2.03. The fourth-order valence-electron chi connectivity index (χ4n) is 1.90. The first-order valence-corrected chi connectivity index (χ1v) is 6.05. The average Bonchev–Trinajstić information content (AvgIpc) is 3.08. The molecular formula is C13H13N5O2. The van der Waals surface area contributed by atoms with Crippen molar-refractivity contribution in [3.05, 3.63) is 58.9 Å². The van der Waals surface area contributed by atoms with Gasteiger partial charge in [0.15, 0.2) is 5.82 Å². The Labute approximate surface area is 114 Å². The van der Waals surface area contributed by atoms with Crippen molar-refractivity contribution < 1.29 is 4.74 Å². The zero-order valence-corrected chi connectivity index (χ0v) is 10.9. The molecule has 0 saturated carbocycles. The van der Waals surface area contributed by atoms with Crippen LogP contribution in [0.15, 0.2) is 47.7 Å². The molecule has 7 nitrogen and oxygen atoms in total. The molecule has 2 aromatic heterocycles. The predicted molar refractivity (Wildman–Crippen MR) is 72.1 cm³/mol. The van der Waals surface area contributed by atoms with E-state index in [9.17, 15) is 4.79 Å². The van der Waals surface area contributed by atoms with Crippen LogP contribution in [0.4, 0.5) is 0 Å². The van der Waals surface area contributed by atoms with E-state index in [4.69, 9.17) is 4.74 Å². The summed E-state index contributed by atoms with van der Waals surface area (Å²) in [5, 5.41) is 10.3. The Morgan fingerprint density at radius 2 is 2.05 bits per heavy atom. The van der Waals surface area contributed by atoms with E-state index < -0.39 is 0 Å². The lowest BCUT2D eigenvalue weighted by molar-refractivity contribution is 0.414. The van der Waals surface area contributed by atoms with Crippen LogP contribution in [-0.2, 0) is 6.54 Å². The molecule has 1 N–H and O–H groups in total. The quantitative estimate of drug-likeness (QED) is 0.762. The van der Waals surface area contributed by atoms with Gasteiger partial charge in [0.25, 0.3) is 0 Å². The minimum absolute atomic E-state index is 0.306. The van der Waals surface area contributed by atoms with Crippen LogP contribution in [0.2, 0.25) is 0 Å². The van der Waals surface area contributed by atoms with Crippen LogP contribution in [0.3, 0.4) is 0 Å². The SMILES string of the molecule is COc1ccc(Cn2ccc(-n3cn[nH]c3=O)n2)cc1. The monoisotopic (exact) mass is 271 g/mol. The molecule has 0 fully saturated rings. The van der Waals surface area contributed by atoms with Gasteiger partial charge in [-0.25, -0.2) is 14.5 Å². The molecule has 102 valence electrons. The standard InChI is InChI=1S/C13H13N5O2/c1-20-11-4-2-10(3-5-11)8-17-7-6-12(16-17)18-9-14-15-13(18)19/h2-7,9H,8H2,1H3,(H,15,19). The molecule has 0 saturated heterocycles. The van der Waals surface area contributed by atoms with E-state index in [1.165, 1.54) is 10.9 Å². The van der Waals surface area contributed by atoms with Gasteiger partial charge in [-0.1, -0.05) is 12.1 Å². The van der Waals surface area contributed by atoms with Crippen LogP contribution in [-0.4, -0.2) is 31.7 Å². The van der Waals surface area contributed by atoms with Gasteiger partial charge in [0, 0.05) is 12.3 Å². The highest BCUT2D eigenvalue weighted by Crippen LogP contribution is 2.12. The molecule has 0 aliphatic carbocycles. The van der Waals surface area contributed by atoms with Gasteiger partial charge in [-0.05, 0) is 17.7 Å². The molecule has 20 heavy (non-hydrogen) atoms. The van der Waals surface area contributed by atoms with Gasteiger partial charge in [-0.3, -0.25) is 4.68 Å². The number of rotatable bonds is 4. The Kier molecular flexibility index (Phi) is 3.08. The van der Waals surface area contributed by atoms with E-state index >= 15 is 0 Å². The first-order valence-electron chi connectivity index (χ1n) is 6.05. The number of ether oxygens (including phenoxy) is 1. The van der Waals surface area contributed by atoms with Crippen molar-refractivity contribution in [1.29, 1.82) is 0 Å². The molecular weight excluding hydrogens is 258 g/mol. The summed E-state index contributed by atoms with van der Waals surface area (Å²) in [6, 6.07) is 9.52. The molecule has 0 bridgehead atoms. The number of H-pyrrole nitrogens is 1. The highest BCUT2D eigenvalue weighted by molar-refractivity contribution is 5.27. The van der Waals surface area contributed by atoms with E-state index in [2.05, 4.69) is 15.3 Å². The molecule has 0 amide bonds. The minimum Gasteiger partial charge on any atom is -0.497 e. The van der Waals surface area contributed by atoms with Crippen molar-refractivity contribution in [2.24, 2.45) is 0 Å². The number of hydrogen-bond donors (Lipinski definition) is 1. The molecule has 0 spiro atoms. The lowest BCUT2D eigenvalue weighted by atomic mass is 10.2. The highest BCUT2D eigenvalue weighted by atomic mass is 16.5. The fraction of sp³-hybridized carbons (Fsp3) is 0.154. The minimum atomic E-state index is -0.306. The van der Waals surface area contributed by atoms with E-state index in [-0.39, 0.29) is 5.69 Å². The van der Waals surface area contributed by atoms with Gasteiger partial charge in [-0.2, -0.15) is 10.2 Å². The second-order valence-electron chi connectivity index (χ2n) is 4.25. The van der Waals surface area contributed by atoms with Crippen LogP contribution in [0.1, 0.15) is 5.56 Å². The first-order chi connectivity index (χ1) is 9.76. The van der Waals surface area contributed by atoms with Crippen LogP contribution < -0.4 is 10.4 Å². The maximum absolute atomic E-state index is 11.4. The molecule has 0 radical (unpaired) electrons. The van der Waals surface area contributed by atoms with Crippen molar-refractivity contribution >= 4 is 0 Å². The number of nitrogens with zero attached hydrogens (tertiary/aromatic N) is 4. The zero-order chi connectivity index (χ0) is 13.9. The van der Waals surface area contributed by atoms with Crippen LogP contribution >= 0.6 is 0 Å². The van der Waals surface area contributed by atoms with Crippen LogP contribution in [0, 0.1) is 0 Å². The van der Waals surface area contributed by atoms with Gasteiger partial charge < -0.3 is 4.74 Å². The Hall–Kier alpha value is -2.83. The Balaban J connectivity index is 1.80. The molecule has 0 unspecified atom stereocenters. The Bertz CT molecular complexity index is 753. The highest BCUT2D eigenvalue weighted by Gasteiger charge is 2.05. The van der Waals surface area contributed by atoms with Gasteiger partial charge >= 0.3 is 5.69 Å². The summed E-state index contributed by atoms with van der Waals surface area (Å²) < 4.78 is 8.23. The second kappa shape index (κ2) is 5.04. The predicted octanol–water partition coefficient (Wildman–Crippen LogP) is 0.814. The summed E-state index contributed by atoms with van der Waals surface area (Å²) in [6.07, 6.45) is 3.22. The number of aromatic nitrogens is 5. The first kappa shape index (κ1) is 12.2. The van der Waals surface area contributed by atoms with Gasteiger partial charge in [-0.15, -0.1) is 0 Å². The lowest BCUT2D eigenvalue weighted by Crippen LogP contribution is -2.15. The Morgan fingerprint density at radius 3 is 2.70 bits per heavy atom. The second-order valence-corrected chi connectivity index (χ2v) is 4.25. The van der Waals surface area contributed by atoms with E-state index in [1.807, 2.05) is 30.5 Å². The van der Waals surface area contributed by atoms with Crippen molar-refractivity contribution in [3.8, 4) is 11.6 Å². The van der Waals surface area contributed by atoms with E-state index in [0.717, 1.165) is 11.3 Å². The molecule has 3 aromatic rings. The fourth-order valence-corrected chi connectivity index (χ4v) is 1.90. The summed E-state index contributed by atoms with van der Waals surface area (Å²) in [6.45, 7) is 0.622. The molecule has 0 atom stereocenters. The van der Waals surface area contributed by atoms with Gasteiger partial charge in [0.1, 0.15) is 12.1 Å². The third-order valence-electron chi connectivity index (χ3n) is 2.93. The van der Waals surface area contributed by atoms with Crippen molar-refractivity contribution in [2.75, 3.05) is 7.11 Å². The average molecular weight is 271 g/mol. The van der Waals surface area contributed by atoms with E-state index in [0.29, 0.717) is 12.4 Å². The molecule has 0 aliphatic heterocycles. The number of benzene rings is 1. The smallest absolute Gasteiger partial charge is 0.348 e. The van der Waals surface area contributed by atoms with Crippen molar-refractivity contribution in [2.45, 2.75) is 6.54 Å². The third kappa shape index (κ3) is 2.33. The summed E-state index contributed by atoms with van der Waals surface area (Å²) in [7, 11) is 1.64. The van der Waals surface area contributed by atoms with Gasteiger partial charge in [0.2, 0.25) is 0 Å². The van der Waals surface area contributed by atoms with Crippen molar-refractivity contribution in [3.63, 3.8) is 0 Å². The molecule has 3 rings (SSSR count). The topological polar surface area (TPSA) is 77.7 Å². The largest absolute Gasteiger partial charge is 0.497 e. The normalized spacial score (nSPS) is 10.7. The van der Waals surface area contributed by atoms with Crippen LogP contribution in [0.5, 0.6) is 5.75 Å². The summed E-state index contributed by atoms with van der Waals surface area (Å²) in [5.41, 5.74) is 0.791.